The average molecular weight is 342 g/mol. The van der Waals surface area contributed by atoms with E-state index in [1.807, 2.05) is 38.1 Å². The maximum atomic E-state index is 12.6. The number of aliphatic hydroxyl groups excluding tert-OH is 1. The van der Waals surface area contributed by atoms with Crippen LogP contribution in [0.1, 0.15) is 41.8 Å². The van der Waals surface area contributed by atoms with Gasteiger partial charge in [-0.3, -0.25) is 9.59 Å². The van der Waals surface area contributed by atoms with Crippen molar-refractivity contribution < 1.29 is 9.90 Å². The van der Waals surface area contributed by atoms with Crippen molar-refractivity contribution >= 4 is 5.91 Å². The van der Waals surface area contributed by atoms with Gasteiger partial charge in [0, 0.05) is 12.7 Å². The molecule has 1 aromatic carbocycles. The number of pyridine rings is 1. The predicted molar refractivity (Wildman–Crippen MR) is 98.8 cm³/mol. The number of rotatable bonds is 7. The van der Waals surface area contributed by atoms with Crippen LogP contribution in [0.2, 0.25) is 0 Å². The molecule has 0 radical (unpaired) electrons. The summed E-state index contributed by atoms with van der Waals surface area (Å²) in [6.07, 6.45) is 1.89. The highest BCUT2D eigenvalue weighted by Gasteiger charge is 2.14. The van der Waals surface area contributed by atoms with Crippen molar-refractivity contribution in [2.45, 2.75) is 39.8 Å². The smallest absolute Gasteiger partial charge is 0.263 e. The van der Waals surface area contributed by atoms with Crippen LogP contribution in [0.25, 0.3) is 0 Å². The molecule has 1 heterocycles. The van der Waals surface area contributed by atoms with E-state index in [2.05, 4.69) is 5.32 Å². The van der Waals surface area contributed by atoms with E-state index in [0.29, 0.717) is 19.5 Å². The van der Waals surface area contributed by atoms with Gasteiger partial charge in [-0.15, -0.1) is 0 Å². The van der Waals surface area contributed by atoms with Crippen LogP contribution < -0.4 is 10.9 Å². The van der Waals surface area contributed by atoms with E-state index in [9.17, 15) is 14.7 Å². The van der Waals surface area contributed by atoms with Gasteiger partial charge in [0.1, 0.15) is 5.56 Å². The maximum absolute atomic E-state index is 12.6. The fourth-order valence-corrected chi connectivity index (χ4v) is 2.87. The highest BCUT2D eigenvalue weighted by Crippen LogP contribution is 2.06. The quantitative estimate of drug-likeness (QED) is 0.811. The maximum Gasteiger partial charge on any atom is 0.263 e. The highest BCUT2D eigenvalue weighted by atomic mass is 16.3. The molecule has 0 spiro atoms. The number of nitrogens with zero attached hydrogens (tertiary/aromatic N) is 1. The molecule has 0 aliphatic rings. The lowest BCUT2D eigenvalue weighted by atomic mass is 10.0. The zero-order valence-electron chi connectivity index (χ0n) is 15.0. The van der Waals surface area contributed by atoms with Crippen molar-refractivity contribution in [2.24, 2.45) is 5.92 Å². The molecular formula is C20H26N2O3. The second kappa shape index (κ2) is 8.62. The minimum atomic E-state index is -0.407. The van der Waals surface area contributed by atoms with Gasteiger partial charge in [-0.2, -0.15) is 0 Å². The first kappa shape index (κ1) is 18.9. The van der Waals surface area contributed by atoms with Gasteiger partial charge in [0.2, 0.25) is 0 Å². The number of hydrogen-bond donors (Lipinski definition) is 2. The summed E-state index contributed by atoms with van der Waals surface area (Å²) in [5.41, 5.74) is 1.99. The van der Waals surface area contributed by atoms with Crippen molar-refractivity contribution in [3.05, 3.63) is 69.6 Å². The Labute approximate surface area is 148 Å². The Kier molecular flexibility index (Phi) is 6.53. The molecule has 2 unspecified atom stereocenters. The summed E-state index contributed by atoms with van der Waals surface area (Å²) < 4.78 is 1.54. The highest BCUT2D eigenvalue weighted by molar-refractivity contribution is 5.93. The molecule has 5 nitrogen and oxygen atoms in total. The SMILES string of the molecule is Cc1cccc(Cn2cccc(C(=O)NCC(C)CC(C)O)c2=O)c1. The molecule has 1 amide bonds. The number of aliphatic hydroxyl groups is 1. The minimum absolute atomic E-state index is 0.138. The van der Waals surface area contributed by atoms with Crippen molar-refractivity contribution in [1.29, 1.82) is 0 Å². The lowest BCUT2D eigenvalue weighted by molar-refractivity contribution is 0.0937. The summed E-state index contributed by atoms with van der Waals surface area (Å²) in [4.78, 5) is 24.9. The fourth-order valence-electron chi connectivity index (χ4n) is 2.87. The van der Waals surface area contributed by atoms with Gasteiger partial charge < -0.3 is 15.0 Å². The summed E-state index contributed by atoms with van der Waals surface area (Å²) in [6.45, 7) is 6.54. The van der Waals surface area contributed by atoms with Crippen LogP contribution in [-0.4, -0.2) is 28.2 Å². The Morgan fingerprint density at radius 2 is 2.00 bits per heavy atom. The van der Waals surface area contributed by atoms with Crippen LogP contribution >= 0.6 is 0 Å². The molecule has 0 aliphatic carbocycles. The van der Waals surface area contributed by atoms with Gasteiger partial charge in [0.15, 0.2) is 0 Å². The Balaban J connectivity index is 2.09. The zero-order valence-corrected chi connectivity index (χ0v) is 15.0. The van der Waals surface area contributed by atoms with E-state index < -0.39 is 6.10 Å². The number of amides is 1. The largest absolute Gasteiger partial charge is 0.393 e. The number of benzene rings is 1. The first-order valence-electron chi connectivity index (χ1n) is 8.58. The predicted octanol–water partition coefficient (Wildman–Crippen LogP) is 2.34. The van der Waals surface area contributed by atoms with Crippen molar-refractivity contribution in [3.8, 4) is 0 Å². The van der Waals surface area contributed by atoms with E-state index in [0.717, 1.165) is 11.1 Å². The van der Waals surface area contributed by atoms with E-state index in [-0.39, 0.29) is 22.9 Å². The van der Waals surface area contributed by atoms with Gasteiger partial charge in [-0.05, 0) is 43.9 Å². The molecule has 2 rings (SSSR count). The van der Waals surface area contributed by atoms with E-state index in [4.69, 9.17) is 0 Å². The third-order valence-electron chi connectivity index (χ3n) is 4.05. The molecule has 134 valence electrons. The summed E-state index contributed by atoms with van der Waals surface area (Å²) in [6, 6.07) is 11.2. The van der Waals surface area contributed by atoms with Gasteiger partial charge in [0.25, 0.3) is 11.5 Å². The number of carbonyl (C=O) groups is 1. The van der Waals surface area contributed by atoms with E-state index >= 15 is 0 Å². The Morgan fingerprint density at radius 3 is 2.68 bits per heavy atom. The molecule has 0 saturated carbocycles. The van der Waals surface area contributed by atoms with Crippen LogP contribution in [0.5, 0.6) is 0 Å². The second-order valence-corrected chi connectivity index (χ2v) is 6.74. The number of aromatic nitrogens is 1. The number of hydrogen-bond acceptors (Lipinski definition) is 3. The molecule has 0 bridgehead atoms. The zero-order chi connectivity index (χ0) is 18.4. The van der Waals surface area contributed by atoms with Crippen LogP contribution in [0, 0.1) is 12.8 Å². The number of nitrogens with one attached hydrogen (secondary N) is 1. The van der Waals surface area contributed by atoms with Crippen LogP contribution in [0.3, 0.4) is 0 Å². The standard InChI is InChI=1S/C20H26N2O3/c1-14-6-4-7-17(11-14)13-22-9-5-8-18(20(22)25)19(24)21-12-15(2)10-16(3)23/h4-9,11,15-16,23H,10,12-13H2,1-3H3,(H,21,24). The molecular weight excluding hydrogens is 316 g/mol. The minimum Gasteiger partial charge on any atom is -0.393 e. The molecule has 2 atom stereocenters. The lowest BCUT2D eigenvalue weighted by Crippen LogP contribution is -2.35. The topological polar surface area (TPSA) is 71.3 Å². The third kappa shape index (κ3) is 5.57. The average Bonchev–Trinajstić information content (AvgIpc) is 2.54. The number of carbonyl (C=O) groups excluding carboxylic acids is 1. The molecule has 0 aliphatic heterocycles. The second-order valence-electron chi connectivity index (χ2n) is 6.74. The Hall–Kier alpha value is -2.40. The summed E-state index contributed by atoms with van der Waals surface area (Å²) in [5.74, 6) is -0.233. The normalized spacial score (nSPS) is 13.3. The van der Waals surface area contributed by atoms with E-state index in [1.165, 1.54) is 0 Å². The van der Waals surface area contributed by atoms with Gasteiger partial charge in [0.05, 0.1) is 12.6 Å². The molecule has 5 heteroatoms. The summed E-state index contributed by atoms with van der Waals surface area (Å²) in [7, 11) is 0. The number of aryl methyl sites for hydroxylation is 1. The first-order chi connectivity index (χ1) is 11.9. The monoisotopic (exact) mass is 342 g/mol. The van der Waals surface area contributed by atoms with E-state index in [1.54, 1.807) is 29.8 Å². The van der Waals surface area contributed by atoms with Crippen LogP contribution in [0.15, 0.2) is 47.4 Å². The summed E-state index contributed by atoms with van der Waals surface area (Å²) in [5, 5.41) is 12.2. The molecule has 1 aromatic heterocycles. The van der Waals surface area contributed by atoms with Crippen LogP contribution in [-0.2, 0) is 6.54 Å². The summed E-state index contributed by atoms with van der Waals surface area (Å²) >= 11 is 0. The fraction of sp³-hybridized carbons (Fsp3) is 0.400. The Bertz CT molecular complexity index is 781. The molecule has 25 heavy (non-hydrogen) atoms. The third-order valence-corrected chi connectivity index (χ3v) is 4.05. The first-order valence-corrected chi connectivity index (χ1v) is 8.58. The van der Waals surface area contributed by atoms with Crippen LogP contribution in [0.4, 0.5) is 0 Å². The lowest BCUT2D eigenvalue weighted by Gasteiger charge is -2.14. The van der Waals surface area contributed by atoms with Gasteiger partial charge >= 0.3 is 0 Å². The Morgan fingerprint density at radius 1 is 1.24 bits per heavy atom. The van der Waals surface area contributed by atoms with Gasteiger partial charge in [-0.25, -0.2) is 0 Å². The molecule has 2 N–H and O–H groups in total. The van der Waals surface area contributed by atoms with Crippen molar-refractivity contribution in [2.75, 3.05) is 6.54 Å². The molecule has 2 aromatic rings. The molecule has 0 fully saturated rings. The molecule has 0 saturated heterocycles. The van der Waals surface area contributed by atoms with Crippen molar-refractivity contribution in [3.63, 3.8) is 0 Å². The van der Waals surface area contributed by atoms with Crippen molar-refractivity contribution in [1.82, 2.24) is 9.88 Å². The van der Waals surface area contributed by atoms with Gasteiger partial charge in [-0.1, -0.05) is 36.8 Å².